The van der Waals surface area contributed by atoms with Gasteiger partial charge in [-0.2, -0.15) is 28.4 Å². The summed E-state index contributed by atoms with van der Waals surface area (Å²) in [5.41, 5.74) is 3.33. The van der Waals surface area contributed by atoms with Crippen molar-refractivity contribution in [3.05, 3.63) is 65.2 Å². The van der Waals surface area contributed by atoms with Crippen molar-refractivity contribution in [1.29, 1.82) is 0 Å². The lowest BCUT2D eigenvalue weighted by molar-refractivity contribution is -0.143. The van der Waals surface area contributed by atoms with E-state index in [1.165, 1.54) is 24.0 Å². The van der Waals surface area contributed by atoms with Gasteiger partial charge in [0.25, 0.3) is 5.91 Å². The highest BCUT2D eigenvalue weighted by atomic mass is 35.5. The molecular formula is C19H13ClF4N8O2. The molecule has 15 heteroatoms. The first-order chi connectivity index (χ1) is 16.0. The first-order valence-electron chi connectivity index (χ1n) is 9.23. The second-order valence-electron chi connectivity index (χ2n) is 6.77. The number of hydrogen-bond donors (Lipinski definition) is 2. The Morgan fingerprint density at radius 3 is 2.62 bits per heavy atom. The highest BCUT2D eigenvalue weighted by Gasteiger charge is 2.40. The molecule has 4 aromatic rings. The first kappa shape index (κ1) is 23.0. The van der Waals surface area contributed by atoms with Crippen molar-refractivity contribution in [3.63, 3.8) is 0 Å². The van der Waals surface area contributed by atoms with Gasteiger partial charge in [0.15, 0.2) is 17.3 Å². The molecule has 0 unspecified atom stereocenters. The van der Waals surface area contributed by atoms with Crippen LogP contribution in [0.2, 0.25) is 5.02 Å². The molecule has 3 N–H and O–H groups in total. The second-order valence-corrected chi connectivity index (χ2v) is 7.15. The molecule has 34 heavy (non-hydrogen) atoms. The molecule has 3 aromatic heterocycles. The van der Waals surface area contributed by atoms with Crippen molar-refractivity contribution in [3.8, 4) is 17.3 Å². The molecule has 0 radical (unpaired) electrons. The van der Waals surface area contributed by atoms with Gasteiger partial charge in [-0.25, -0.2) is 14.1 Å². The van der Waals surface area contributed by atoms with Crippen LogP contribution in [0.15, 0.2) is 43.1 Å². The molecule has 0 aliphatic heterocycles. The van der Waals surface area contributed by atoms with Crippen LogP contribution >= 0.6 is 11.6 Å². The Kier molecular flexibility index (Phi) is 5.83. The number of rotatable bonds is 5. The maximum Gasteiger partial charge on any atom is 0.434 e. The molecule has 0 spiro atoms. The second kappa shape index (κ2) is 8.62. The zero-order valence-electron chi connectivity index (χ0n) is 17.0. The van der Waals surface area contributed by atoms with E-state index in [4.69, 9.17) is 22.1 Å². The van der Waals surface area contributed by atoms with Gasteiger partial charge in [0.1, 0.15) is 22.9 Å². The van der Waals surface area contributed by atoms with Crippen LogP contribution in [0.25, 0.3) is 5.69 Å². The number of carbonyl (C=O) groups excluding carboxylic acids is 1. The van der Waals surface area contributed by atoms with Crippen molar-refractivity contribution in [2.75, 3.05) is 11.1 Å². The summed E-state index contributed by atoms with van der Waals surface area (Å²) < 4.78 is 62.8. The van der Waals surface area contributed by atoms with Crippen LogP contribution in [0, 0.1) is 5.82 Å². The van der Waals surface area contributed by atoms with E-state index in [0.717, 1.165) is 30.9 Å². The van der Waals surface area contributed by atoms with Crippen molar-refractivity contribution in [2.24, 2.45) is 7.05 Å². The Morgan fingerprint density at radius 2 is 1.97 bits per heavy atom. The summed E-state index contributed by atoms with van der Waals surface area (Å²) in [5.74, 6) is -2.71. The van der Waals surface area contributed by atoms with Gasteiger partial charge in [-0.05, 0) is 12.1 Å². The predicted octanol–water partition coefficient (Wildman–Crippen LogP) is 3.83. The summed E-state index contributed by atoms with van der Waals surface area (Å²) in [6.45, 7) is 0. The Balaban J connectivity index is 1.59. The Labute approximate surface area is 192 Å². The third-order valence-corrected chi connectivity index (χ3v) is 4.75. The fraction of sp³-hybridized carbons (Fsp3) is 0.105. The summed E-state index contributed by atoms with van der Waals surface area (Å²) in [6, 6.07) is 3.20. The molecule has 0 atom stereocenters. The molecule has 1 aromatic carbocycles. The Hall–Kier alpha value is -4.20. The summed E-state index contributed by atoms with van der Waals surface area (Å²) in [5, 5.41) is 9.56. The van der Waals surface area contributed by atoms with Gasteiger partial charge < -0.3 is 15.8 Å². The van der Waals surface area contributed by atoms with Crippen LogP contribution in [0.1, 0.15) is 16.1 Å². The molecule has 0 saturated heterocycles. The summed E-state index contributed by atoms with van der Waals surface area (Å²) >= 11 is 5.90. The number of hydrogen-bond acceptors (Lipinski definition) is 7. The monoisotopic (exact) mass is 496 g/mol. The van der Waals surface area contributed by atoms with Gasteiger partial charge in [-0.15, -0.1) is 0 Å². The zero-order chi connectivity index (χ0) is 24.6. The van der Waals surface area contributed by atoms with E-state index in [9.17, 15) is 22.4 Å². The lowest BCUT2D eigenvalue weighted by atomic mass is 10.2. The van der Waals surface area contributed by atoms with Gasteiger partial charge in [0.2, 0.25) is 5.88 Å². The minimum atomic E-state index is -4.92. The fourth-order valence-electron chi connectivity index (χ4n) is 2.90. The molecule has 4 rings (SSSR count). The van der Waals surface area contributed by atoms with Crippen LogP contribution in [0.4, 0.5) is 29.1 Å². The van der Waals surface area contributed by atoms with Gasteiger partial charge in [0.05, 0.1) is 24.2 Å². The minimum Gasteiger partial charge on any atom is -0.434 e. The van der Waals surface area contributed by atoms with Crippen molar-refractivity contribution >= 4 is 29.0 Å². The SMILES string of the molecule is Cn1cc(-n2ncc(C(=O)Nc3ccc(Oc4ncnc(N)c4Cl)c(F)c3)c2C(F)(F)F)cn1. The quantitative estimate of drug-likeness (QED) is 0.402. The number of halogens is 5. The van der Waals surface area contributed by atoms with Crippen LogP contribution in [0.5, 0.6) is 11.6 Å². The standard InChI is InChI=1S/C19H13ClF4N8O2/c1-31-7-10(5-28-31)32-15(19(22,23)24)11(6-29-32)17(33)30-9-2-3-13(12(21)4-9)34-18-14(20)16(25)26-8-27-18/h2-8H,1H3,(H,30,33)(H2,25,26,27). The highest BCUT2D eigenvalue weighted by Crippen LogP contribution is 2.35. The Morgan fingerprint density at radius 1 is 1.21 bits per heavy atom. The molecule has 0 bridgehead atoms. The van der Waals surface area contributed by atoms with Crippen LogP contribution in [-0.4, -0.2) is 35.4 Å². The highest BCUT2D eigenvalue weighted by molar-refractivity contribution is 6.34. The van der Waals surface area contributed by atoms with Crippen molar-refractivity contribution in [1.82, 2.24) is 29.5 Å². The summed E-state index contributed by atoms with van der Waals surface area (Å²) in [6.07, 6.45) is -0.626. The molecule has 10 nitrogen and oxygen atoms in total. The molecule has 3 heterocycles. The number of carbonyl (C=O) groups is 1. The van der Waals surface area contributed by atoms with Crippen LogP contribution in [0.3, 0.4) is 0 Å². The number of aryl methyl sites for hydroxylation is 1. The molecule has 1 amide bonds. The summed E-state index contributed by atoms with van der Waals surface area (Å²) in [4.78, 5) is 20.0. The lowest BCUT2D eigenvalue weighted by Gasteiger charge is -2.12. The third kappa shape index (κ3) is 4.47. The number of nitrogens with two attached hydrogens (primary N) is 1. The average molecular weight is 497 g/mol. The molecule has 0 aliphatic rings. The summed E-state index contributed by atoms with van der Waals surface area (Å²) in [7, 11) is 1.52. The van der Waals surface area contributed by atoms with E-state index in [1.54, 1.807) is 0 Å². The average Bonchev–Trinajstić information content (AvgIpc) is 3.39. The first-order valence-corrected chi connectivity index (χ1v) is 9.61. The lowest BCUT2D eigenvalue weighted by Crippen LogP contribution is -2.20. The largest absolute Gasteiger partial charge is 0.434 e. The topological polar surface area (TPSA) is 126 Å². The number of benzene rings is 1. The maximum atomic E-state index is 14.5. The predicted molar refractivity (Wildman–Crippen MR) is 111 cm³/mol. The number of ether oxygens (including phenoxy) is 1. The number of aromatic nitrogens is 6. The van der Waals surface area contributed by atoms with E-state index in [2.05, 4.69) is 25.5 Å². The number of alkyl halides is 3. The smallest absolute Gasteiger partial charge is 0.434 e. The van der Waals surface area contributed by atoms with E-state index in [1.807, 2.05) is 0 Å². The van der Waals surface area contributed by atoms with E-state index in [0.29, 0.717) is 4.68 Å². The molecule has 0 fully saturated rings. The number of amides is 1. The van der Waals surface area contributed by atoms with Crippen molar-refractivity contribution in [2.45, 2.75) is 6.18 Å². The number of nitrogens with zero attached hydrogens (tertiary/aromatic N) is 6. The van der Waals surface area contributed by atoms with Crippen LogP contribution < -0.4 is 15.8 Å². The Bertz CT molecular complexity index is 1390. The van der Waals surface area contributed by atoms with Gasteiger partial charge in [0, 0.05) is 18.8 Å². The van der Waals surface area contributed by atoms with Gasteiger partial charge >= 0.3 is 6.18 Å². The minimum absolute atomic E-state index is 0.00504. The molecule has 0 saturated carbocycles. The zero-order valence-corrected chi connectivity index (χ0v) is 17.8. The number of nitrogens with one attached hydrogen (secondary N) is 1. The number of anilines is 2. The molecule has 0 aliphatic carbocycles. The van der Waals surface area contributed by atoms with E-state index < -0.39 is 29.2 Å². The number of nitrogen functional groups attached to an aromatic ring is 1. The van der Waals surface area contributed by atoms with Crippen LogP contribution in [-0.2, 0) is 13.2 Å². The van der Waals surface area contributed by atoms with E-state index in [-0.39, 0.29) is 33.8 Å². The molecule has 176 valence electrons. The molecular weight excluding hydrogens is 484 g/mol. The fourth-order valence-corrected chi connectivity index (χ4v) is 3.04. The van der Waals surface area contributed by atoms with E-state index >= 15 is 0 Å². The normalized spacial score (nSPS) is 11.5. The van der Waals surface area contributed by atoms with Gasteiger partial charge in [-0.3, -0.25) is 9.48 Å². The van der Waals surface area contributed by atoms with Crippen molar-refractivity contribution < 1.29 is 27.1 Å². The maximum absolute atomic E-state index is 14.5. The third-order valence-electron chi connectivity index (χ3n) is 4.40. The van der Waals surface area contributed by atoms with Gasteiger partial charge in [-0.1, -0.05) is 11.6 Å².